The van der Waals surface area contributed by atoms with Gasteiger partial charge in [0.1, 0.15) is 5.84 Å². The number of likely N-dealkylation sites (N-methyl/N-ethyl adjacent to an activating group) is 1. The Morgan fingerprint density at radius 1 is 1.55 bits per heavy atom. The van der Waals surface area contributed by atoms with Crippen molar-refractivity contribution in [3.8, 4) is 0 Å². The van der Waals surface area contributed by atoms with E-state index < -0.39 is 0 Å². The summed E-state index contributed by atoms with van der Waals surface area (Å²) in [6.45, 7) is 6.99. The fourth-order valence-corrected chi connectivity index (χ4v) is 3.85. The van der Waals surface area contributed by atoms with Crippen molar-refractivity contribution in [1.82, 2.24) is 4.90 Å². The van der Waals surface area contributed by atoms with Crippen molar-refractivity contribution in [1.29, 1.82) is 0 Å². The summed E-state index contributed by atoms with van der Waals surface area (Å²) in [6, 6.07) is 8.66. The summed E-state index contributed by atoms with van der Waals surface area (Å²) in [4.78, 5) is 3.80. The summed E-state index contributed by atoms with van der Waals surface area (Å²) in [5.74, 6) is 2.11. The van der Waals surface area contributed by atoms with Crippen LogP contribution in [-0.4, -0.2) is 41.3 Å². The Labute approximate surface area is 125 Å². The third kappa shape index (κ3) is 3.46. The lowest BCUT2D eigenvalue weighted by molar-refractivity contribution is 0.255. The van der Waals surface area contributed by atoms with Gasteiger partial charge >= 0.3 is 0 Å². The summed E-state index contributed by atoms with van der Waals surface area (Å²) in [5, 5.41) is 11.9. The molecule has 2 rings (SSSR count). The fraction of sp³-hybridized carbons (Fsp3) is 0.533. The van der Waals surface area contributed by atoms with Crippen LogP contribution in [0.25, 0.3) is 0 Å². The molecule has 0 aromatic heterocycles. The van der Waals surface area contributed by atoms with E-state index in [1.165, 1.54) is 10.5 Å². The molecule has 0 fully saturated rings. The van der Waals surface area contributed by atoms with Gasteiger partial charge < -0.3 is 15.8 Å². The monoisotopic (exact) mass is 293 g/mol. The molecule has 1 aromatic carbocycles. The zero-order chi connectivity index (χ0) is 14.5. The van der Waals surface area contributed by atoms with Gasteiger partial charge in [-0.15, -0.1) is 11.8 Å². The minimum Gasteiger partial charge on any atom is -0.409 e. The van der Waals surface area contributed by atoms with Crippen molar-refractivity contribution < 1.29 is 5.21 Å². The van der Waals surface area contributed by atoms with Crippen LogP contribution in [0.3, 0.4) is 0 Å². The molecule has 0 spiro atoms. The minimum atomic E-state index is 0.0734. The number of hydrogen-bond donors (Lipinski definition) is 2. The van der Waals surface area contributed by atoms with E-state index in [1.54, 1.807) is 0 Å². The summed E-state index contributed by atoms with van der Waals surface area (Å²) in [6.07, 6.45) is 0. The number of nitrogens with two attached hydrogens (primary N) is 1. The Balaban J connectivity index is 1.98. The molecular formula is C15H23N3OS. The predicted octanol–water partition coefficient (Wildman–Crippen LogP) is 2.58. The number of fused-ring (bicyclic) bond motifs is 1. The maximum Gasteiger partial charge on any atom is 0.143 e. The molecule has 0 saturated heterocycles. The second kappa shape index (κ2) is 6.99. The first kappa shape index (κ1) is 15.2. The molecule has 1 aliphatic rings. The summed E-state index contributed by atoms with van der Waals surface area (Å²) < 4.78 is 0. The van der Waals surface area contributed by atoms with E-state index in [4.69, 9.17) is 10.9 Å². The van der Waals surface area contributed by atoms with Gasteiger partial charge in [-0.1, -0.05) is 37.2 Å². The van der Waals surface area contributed by atoms with E-state index in [0.29, 0.717) is 11.8 Å². The second-order valence-electron chi connectivity index (χ2n) is 5.32. The molecule has 1 aliphatic heterocycles. The van der Waals surface area contributed by atoms with Gasteiger partial charge in [0.2, 0.25) is 0 Å². The topological polar surface area (TPSA) is 61.8 Å². The average molecular weight is 293 g/mol. The van der Waals surface area contributed by atoms with Crippen molar-refractivity contribution in [2.75, 3.05) is 25.4 Å². The van der Waals surface area contributed by atoms with Crippen LogP contribution in [0.1, 0.15) is 25.3 Å². The largest absolute Gasteiger partial charge is 0.409 e. The van der Waals surface area contributed by atoms with Crippen LogP contribution in [0.5, 0.6) is 0 Å². The lowest BCUT2D eigenvalue weighted by Crippen LogP contribution is -2.37. The predicted molar refractivity (Wildman–Crippen MR) is 84.6 cm³/mol. The van der Waals surface area contributed by atoms with Gasteiger partial charge in [-0.25, -0.2) is 0 Å². The number of oxime groups is 1. The highest BCUT2D eigenvalue weighted by Gasteiger charge is 2.25. The van der Waals surface area contributed by atoms with Crippen molar-refractivity contribution in [3.63, 3.8) is 0 Å². The molecule has 0 saturated carbocycles. The summed E-state index contributed by atoms with van der Waals surface area (Å²) >= 11 is 1.94. The summed E-state index contributed by atoms with van der Waals surface area (Å²) in [7, 11) is 0. The van der Waals surface area contributed by atoms with Gasteiger partial charge in [0.15, 0.2) is 0 Å². The van der Waals surface area contributed by atoms with Crippen molar-refractivity contribution in [3.05, 3.63) is 29.8 Å². The molecule has 1 heterocycles. The van der Waals surface area contributed by atoms with E-state index in [2.05, 4.69) is 41.2 Å². The Morgan fingerprint density at radius 3 is 3.00 bits per heavy atom. The van der Waals surface area contributed by atoms with Crippen molar-refractivity contribution >= 4 is 17.6 Å². The number of benzene rings is 1. The lowest BCUT2D eigenvalue weighted by atomic mass is 10.00. The third-order valence-corrected chi connectivity index (χ3v) is 5.13. The maximum absolute atomic E-state index is 8.75. The van der Waals surface area contributed by atoms with Crippen LogP contribution in [0, 0.1) is 5.92 Å². The van der Waals surface area contributed by atoms with E-state index in [9.17, 15) is 0 Å². The zero-order valence-electron chi connectivity index (χ0n) is 12.1. The highest BCUT2D eigenvalue weighted by Crippen LogP contribution is 2.39. The molecular weight excluding hydrogens is 270 g/mol. The molecule has 1 aromatic rings. The average Bonchev–Trinajstić information content (AvgIpc) is 2.88. The first-order valence-electron chi connectivity index (χ1n) is 7.07. The van der Waals surface area contributed by atoms with Gasteiger partial charge in [-0.3, -0.25) is 0 Å². The van der Waals surface area contributed by atoms with E-state index in [0.717, 1.165) is 25.4 Å². The quantitative estimate of drug-likeness (QED) is 0.366. The van der Waals surface area contributed by atoms with Crippen LogP contribution < -0.4 is 5.73 Å². The number of hydrogen-bond acceptors (Lipinski definition) is 4. The van der Waals surface area contributed by atoms with Gasteiger partial charge in [0.25, 0.3) is 0 Å². The number of rotatable bonds is 6. The fourth-order valence-electron chi connectivity index (χ4n) is 2.60. The molecule has 2 unspecified atom stereocenters. The molecule has 4 nitrogen and oxygen atoms in total. The molecule has 2 atom stereocenters. The lowest BCUT2D eigenvalue weighted by Gasteiger charge is -2.26. The summed E-state index contributed by atoms with van der Waals surface area (Å²) in [5.41, 5.74) is 7.14. The van der Waals surface area contributed by atoms with E-state index >= 15 is 0 Å². The second-order valence-corrected chi connectivity index (χ2v) is 6.39. The highest BCUT2D eigenvalue weighted by molar-refractivity contribution is 7.99. The van der Waals surface area contributed by atoms with Crippen molar-refractivity contribution in [2.45, 2.75) is 24.7 Å². The van der Waals surface area contributed by atoms with E-state index in [1.807, 2.05) is 18.7 Å². The maximum atomic E-state index is 8.75. The number of nitrogens with zero attached hydrogens (tertiary/aromatic N) is 2. The first-order valence-corrected chi connectivity index (χ1v) is 8.05. The van der Waals surface area contributed by atoms with Crippen molar-refractivity contribution in [2.24, 2.45) is 16.8 Å². The highest BCUT2D eigenvalue weighted by atomic mass is 32.2. The van der Waals surface area contributed by atoms with Gasteiger partial charge in [0, 0.05) is 35.6 Å². The van der Waals surface area contributed by atoms with Crippen LogP contribution >= 0.6 is 11.8 Å². The molecule has 110 valence electrons. The van der Waals surface area contributed by atoms with Crippen LogP contribution in [0.2, 0.25) is 0 Å². The minimum absolute atomic E-state index is 0.0734. The van der Waals surface area contributed by atoms with Gasteiger partial charge in [-0.05, 0) is 18.2 Å². The van der Waals surface area contributed by atoms with Crippen LogP contribution in [0.15, 0.2) is 34.3 Å². The molecule has 0 aliphatic carbocycles. The van der Waals surface area contributed by atoms with Gasteiger partial charge in [0.05, 0.1) is 0 Å². The molecule has 0 radical (unpaired) electrons. The normalized spacial score (nSPS) is 20.1. The van der Waals surface area contributed by atoms with E-state index in [-0.39, 0.29) is 5.92 Å². The first-order chi connectivity index (χ1) is 9.65. The Kier molecular flexibility index (Phi) is 5.31. The smallest absolute Gasteiger partial charge is 0.143 e. The zero-order valence-corrected chi connectivity index (χ0v) is 12.9. The van der Waals surface area contributed by atoms with Gasteiger partial charge in [-0.2, -0.15) is 0 Å². The number of thioether (sulfide) groups is 1. The molecule has 0 amide bonds. The van der Waals surface area contributed by atoms with Crippen LogP contribution in [-0.2, 0) is 0 Å². The SMILES string of the molecule is CCN(CC(C)C(N)=NO)CC1CSc2ccccc21. The Bertz CT molecular complexity index is 478. The molecule has 3 N–H and O–H groups in total. The third-order valence-electron chi connectivity index (χ3n) is 3.88. The Morgan fingerprint density at radius 2 is 2.30 bits per heavy atom. The molecule has 20 heavy (non-hydrogen) atoms. The Hall–Kier alpha value is -1.20. The van der Waals surface area contributed by atoms with Crippen LogP contribution in [0.4, 0.5) is 0 Å². The standard InChI is InChI=1S/C15H23N3OS/c1-3-18(8-11(2)15(16)17-19)9-12-10-20-14-7-5-4-6-13(12)14/h4-7,11-12,19H,3,8-10H2,1-2H3,(H2,16,17). The molecule has 0 bridgehead atoms. The molecule has 5 heteroatoms. The number of amidine groups is 1.